The molecule has 1 heterocycles. The summed E-state index contributed by atoms with van der Waals surface area (Å²) in [6.45, 7) is 0. The van der Waals surface area contributed by atoms with Crippen molar-refractivity contribution < 1.29 is 0 Å². The van der Waals surface area contributed by atoms with Crippen LogP contribution in [0.2, 0.25) is 0 Å². The van der Waals surface area contributed by atoms with Crippen LogP contribution in [0.4, 0.5) is 0 Å². The summed E-state index contributed by atoms with van der Waals surface area (Å²) in [6, 6.07) is 0.163. The van der Waals surface area contributed by atoms with Crippen LogP contribution < -0.4 is 11.1 Å². The molecule has 0 aromatic rings. The summed E-state index contributed by atoms with van der Waals surface area (Å²) in [6.07, 6.45) is 1.62. The van der Waals surface area contributed by atoms with Crippen molar-refractivity contribution in [1.82, 2.24) is 5.32 Å². The number of nitrogens with one attached hydrogen (secondary N) is 1. The van der Waals surface area contributed by atoms with Crippen molar-refractivity contribution in [1.29, 1.82) is 0 Å². The van der Waals surface area contributed by atoms with Crippen molar-refractivity contribution in [2.24, 2.45) is 5.73 Å². The Kier molecular flexibility index (Phi) is 2.59. The van der Waals surface area contributed by atoms with Gasteiger partial charge in [-0.15, -0.1) is 23.2 Å². The largest absolute Gasteiger partial charge is 0.328 e. The minimum Gasteiger partial charge on any atom is -0.328 e. The predicted molar refractivity (Wildman–Crippen MR) is 39.6 cm³/mol. The van der Waals surface area contributed by atoms with Crippen LogP contribution in [0.15, 0.2) is 0 Å². The Morgan fingerprint density at radius 2 is 1.67 bits per heavy atom. The summed E-state index contributed by atoms with van der Waals surface area (Å²) in [5, 5.41) is 2.96. The van der Waals surface area contributed by atoms with Gasteiger partial charge >= 0.3 is 0 Å². The van der Waals surface area contributed by atoms with Gasteiger partial charge in [0.2, 0.25) is 0 Å². The molecule has 54 valence electrons. The zero-order valence-corrected chi connectivity index (χ0v) is 6.49. The van der Waals surface area contributed by atoms with Gasteiger partial charge in [-0.2, -0.15) is 0 Å². The highest BCUT2D eigenvalue weighted by atomic mass is 35.5. The Balaban J connectivity index is 2.34. The summed E-state index contributed by atoms with van der Waals surface area (Å²) >= 11 is 11.5. The van der Waals surface area contributed by atoms with Crippen LogP contribution >= 0.6 is 23.2 Å². The van der Waals surface area contributed by atoms with Gasteiger partial charge in [-0.3, -0.25) is 5.32 Å². The number of rotatable bonds is 0. The van der Waals surface area contributed by atoms with Crippen molar-refractivity contribution in [3.8, 4) is 0 Å². The van der Waals surface area contributed by atoms with E-state index in [0.717, 1.165) is 12.8 Å². The van der Waals surface area contributed by atoms with E-state index in [2.05, 4.69) is 5.32 Å². The van der Waals surface area contributed by atoms with Gasteiger partial charge in [-0.05, 0) is 12.8 Å². The fourth-order valence-electron chi connectivity index (χ4n) is 0.960. The Hall–Kier alpha value is 0.500. The minimum atomic E-state index is -0.0451. The van der Waals surface area contributed by atoms with E-state index >= 15 is 0 Å². The van der Waals surface area contributed by atoms with Crippen LogP contribution in [0.5, 0.6) is 0 Å². The Bertz CT molecular complexity index is 73.9. The van der Waals surface area contributed by atoms with Gasteiger partial charge in [0.1, 0.15) is 0 Å². The second-order valence-electron chi connectivity index (χ2n) is 2.33. The molecule has 1 aliphatic rings. The standard InChI is InChI=1S/C5H10Cl2N2/c6-4-1-3(8)2-5(7)9-4/h3-5,9H,1-2,8H2. The third-order valence-electron chi connectivity index (χ3n) is 1.38. The van der Waals surface area contributed by atoms with Gasteiger partial charge in [0, 0.05) is 6.04 Å². The lowest BCUT2D eigenvalue weighted by Crippen LogP contribution is -2.45. The summed E-state index contributed by atoms with van der Waals surface area (Å²) < 4.78 is 0. The van der Waals surface area contributed by atoms with Crippen molar-refractivity contribution in [2.45, 2.75) is 29.9 Å². The highest BCUT2D eigenvalue weighted by Gasteiger charge is 2.22. The summed E-state index contributed by atoms with van der Waals surface area (Å²) in [5.41, 5.74) is 5.52. The number of hydrogen-bond acceptors (Lipinski definition) is 2. The highest BCUT2D eigenvalue weighted by molar-refractivity contribution is 6.23. The fraction of sp³-hybridized carbons (Fsp3) is 1.00. The third kappa shape index (κ3) is 2.30. The van der Waals surface area contributed by atoms with Gasteiger partial charge in [0.25, 0.3) is 0 Å². The molecule has 2 atom stereocenters. The lowest BCUT2D eigenvalue weighted by Gasteiger charge is -2.27. The summed E-state index contributed by atoms with van der Waals surface area (Å²) in [5.74, 6) is 0. The number of hydrogen-bond donors (Lipinski definition) is 2. The van der Waals surface area contributed by atoms with E-state index in [1.165, 1.54) is 0 Å². The van der Waals surface area contributed by atoms with Crippen LogP contribution in [0.25, 0.3) is 0 Å². The molecule has 1 fully saturated rings. The first-order valence-electron chi connectivity index (χ1n) is 2.98. The quantitative estimate of drug-likeness (QED) is 0.416. The number of halogens is 2. The molecule has 0 aliphatic carbocycles. The van der Waals surface area contributed by atoms with Crippen molar-refractivity contribution >= 4 is 23.2 Å². The molecule has 0 spiro atoms. The lowest BCUT2D eigenvalue weighted by atomic mass is 10.1. The van der Waals surface area contributed by atoms with Crippen LogP contribution in [-0.4, -0.2) is 17.0 Å². The maximum absolute atomic E-state index is 5.73. The maximum atomic E-state index is 5.73. The van der Waals surface area contributed by atoms with E-state index in [4.69, 9.17) is 28.9 Å². The first-order valence-corrected chi connectivity index (χ1v) is 3.85. The molecule has 0 bridgehead atoms. The average molecular weight is 169 g/mol. The van der Waals surface area contributed by atoms with E-state index < -0.39 is 0 Å². The normalized spacial score (nSPS) is 45.0. The molecule has 1 rings (SSSR count). The van der Waals surface area contributed by atoms with Crippen LogP contribution in [0, 0.1) is 0 Å². The lowest BCUT2D eigenvalue weighted by molar-refractivity contribution is 0.403. The zero-order chi connectivity index (χ0) is 6.85. The van der Waals surface area contributed by atoms with Crippen LogP contribution in [0.3, 0.4) is 0 Å². The summed E-state index contributed by atoms with van der Waals surface area (Å²) in [7, 11) is 0. The third-order valence-corrected chi connectivity index (χ3v) is 1.99. The van der Waals surface area contributed by atoms with Crippen molar-refractivity contribution in [3.05, 3.63) is 0 Å². The molecule has 2 unspecified atom stereocenters. The number of nitrogens with two attached hydrogens (primary N) is 1. The average Bonchev–Trinajstić information content (AvgIpc) is 1.59. The molecular weight excluding hydrogens is 159 g/mol. The molecule has 4 heteroatoms. The molecule has 3 N–H and O–H groups in total. The van der Waals surface area contributed by atoms with Crippen molar-refractivity contribution in [2.75, 3.05) is 0 Å². The van der Waals surface area contributed by atoms with Gasteiger partial charge in [-0.1, -0.05) is 0 Å². The van der Waals surface area contributed by atoms with E-state index in [-0.39, 0.29) is 17.0 Å². The molecule has 0 aromatic heterocycles. The number of piperidine rings is 1. The topological polar surface area (TPSA) is 38.0 Å². The van der Waals surface area contributed by atoms with E-state index in [1.54, 1.807) is 0 Å². The molecule has 9 heavy (non-hydrogen) atoms. The monoisotopic (exact) mass is 168 g/mol. The molecule has 1 saturated heterocycles. The van der Waals surface area contributed by atoms with E-state index in [0.29, 0.717) is 0 Å². The molecule has 1 aliphatic heterocycles. The Morgan fingerprint density at radius 3 is 2.00 bits per heavy atom. The van der Waals surface area contributed by atoms with E-state index in [1.807, 2.05) is 0 Å². The number of alkyl halides is 2. The molecule has 0 saturated carbocycles. The molecule has 0 amide bonds. The predicted octanol–water partition coefficient (Wildman–Crippen LogP) is 0.827. The molecule has 2 nitrogen and oxygen atoms in total. The summed E-state index contributed by atoms with van der Waals surface area (Å²) in [4.78, 5) is 0. The Morgan fingerprint density at radius 1 is 1.22 bits per heavy atom. The van der Waals surface area contributed by atoms with Gasteiger partial charge in [-0.25, -0.2) is 0 Å². The van der Waals surface area contributed by atoms with E-state index in [9.17, 15) is 0 Å². The first kappa shape index (κ1) is 7.61. The molecule has 0 aromatic carbocycles. The van der Waals surface area contributed by atoms with Crippen molar-refractivity contribution in [3.63, 3.8) is 0 Å². The Labute approximate surface area is 64.7 Å². The zero-order valence-electron chi connectivity index (χ0n) is 4.98. The SMILES string of the molecule is NC1CC(Cl)NC(Cl)C1. The molecular formula is C5H10Cl2N2. The van der Waals surface area contributed by atoms with Crippen LogP contribution in [0.1, 0.15) is 12.8 Å². The second kappa shape index (κ2) is 3.06. The first-order chi connectivity index (χ1) is 4.18. The van der Waals surface area contributed by atoms with Gasteiger partial charge in [0.15, 0.2) is 0 Å². The second-order valence-corrected chi connectivity index (χ2v) is 3.39. The van der Waals surface area contributed by atoms with Crippen LogP contribution in [-0.2, 0) is 0 Å². The maximum Gasteiger partial charge on any atom is 0.0851 e. The smallest absolute Gasteiger partial charge is 0.0851 e. The minimum absolute atomic E-state index is 0.0451. The highest BCUT2D eigenvalue weighted by Crippen LogP contribution is 2.16. The van der Waals surface area contributed by atoms with Gasteiger partial charge in [0.05, 0.1) is 11.0 Å². The fourth-order valence-corrected chi connectivity index (χ4v) is 1.79. The van der Waals surface area contributed by atoms with Gasteiger partial charge < -0.3 is 5.73 Å². The molecule has 0 radical (unpaired) electrons.